The minimum atomic E-state index is -1.42. The maximum atomic E-state index is 12.5. The number of carbonyl (C=O) groups is 1. The van der Waals surface area contributed by atoms with Crippen molar-refractivity contribution >= 4 is 16.9 Å². The van der Waals surface area contributed by atoms with E-state index in [1.54, 1.807) is 42.5 Å². The Balaban J connectivity index is 2.43. The molecule has 0 spiro atoms. The molecule has 0 aliphatic rings. The number of nitriles is 1. The molecule has 0 unspecified atom stereocenters. The highest BCUT2D eigenvalue weighted by molar-refractivity contribution is 5.93. The van der Waals surface area contributed by atoms with Gasteiger partial charge in [-0.1, -0.05) is 6.07 Å². The minimum Gasteiger partial charge on any atom is -0.496 e. The number of aromatic carboxylic acids is 1. The predicted octanol–water partition coefficient (Wildman–Crippen LogP) is 1.96. The standard InChI is InChI=1S/C17H11N3O4/c1-24-13-4-2-3-12-14(13)16(21)15(17(22)23)19-20(12)11-7-5-10(9-18)6-8-11/h2-8H,1H3,(H,22,23). The summed E-state index contributed by atoms with van der Waals surface area (Å²) in [5.74, 6) is -1.15. The quantitative estimate of drug-likeness (QED) is 0.790. The number of carboxylic acids is 1. The number of aromatic nitrogens is 2. The zero-order valence-corrected chi connectivity index (χ0v) is 12.6. The fourth-order valence-corrected chi connectivity index (χ4v) is 2.43. The van der Waals surface area contributed by atoms with Crippen molar-refractivity contribution in [3.8, 4) is 17.5 Å². The third-order valence-corrected chi connectivity index (χ3v) is 3.54. The van der Waals surface area contributed by atoms with E-state index in [2.05, 4.69) is 5.10 Å². The van der Waals surface area contributed by atoms with Crippen LogP contribution in [0.1, 0.15) is 16.1 Å². The Kier molecular flexibility index (Phi) is 3.72. The molecule has 7 nitrogen and oxygen atoms in total. The van der Waals surface area contributed by atoms with Gasteiger partial charge in [0.15, 0.2) is 0 Å². The summed E-state index contributed by atoms with van der Waals surface area (Å²) in [6, 6.07) is 13.3. The van der Waals surface area contributed by atoms with Crippen LogP contribution in [0.15, 0.2) is 47.3 Å². The van der Waals surface area contributed by atoms with Gasteiger partial charge in [-0.3, -0.25) is 4.79 Å². The number of hydrogen-bond acceptors (Lipinski definition) is 5. The SMILES string of the molecule is COc1cccc2c1c(=O)c(C(=O)O)nn2-c1ccc(C#N)cc1. The first-order chi connectivity index (χ1) is 11.6. The van der Waals surface area contributed by atoms with Crippen LogP contribution >= 0.6 is 0 Å². The number of methoxy groups -OCH3 is 1. The lowest BCUT2D eigenvalue weighted by molar-refractivity contribution is 0.0687. The molecule has 118 valence electrons. The minimum absolute atomic E-state index is 0.136. The molecular weight excluding hydrogens is 310 g/mol. The van der Waals surface area contributed by atoms with Crippen molar-refractivity contribution < 1.29 is 14.6 Å². The Labute approximate surface area is 136 Å². The Morgan fingerprint density at radius 1 is 1.25 bits per heavy atom. The number of fused-ring (bicyclic) bond motifs is 1. The smallest absolute Gasteiger partial charge is 0.360 e. The summed E-state index contributed by atoms with van der Waals surface area (Å²) < 4.78 is 6.54. The molecule has 0 atom stereocenters. The van der Waals surface area contributed by atoms with Crippen LogP contribution in [0.2, 0.25) is 0 Å². The largest absolute Gasteiger partial charge is 0.496 e. The van der Waals surface area contributed by atoms with E-state index in [0.717, 1.165) is 0 Å². The second-order valence-corrected chi connectivity index (χ2v) is 4.91. The highest BCUT2D eigenvalue weighted by atomic mass is 16.5. The average Bonchev–Trinajstić information content (AvgIpc) is 2.61. The molecule has 0 fully saturated rings. The van der Waals surface area contributed by atoms with Crippen molar-refractivity contribution in [2.75, 3.05) is 7.11 Å². The fourth-order valence-electron chi connectivity index (χ4n) is 2.43. The summed E-state index contributed by atoms with van der Waals surface area (Å²) in [6.07, 6.45) is 0. The predicted molar refractivity (Wildman–Crippen MR) is 85.6 cm³/mol. The summed E-state index contributed by atoms with van der Waals surface area (Å²) >= 11 is 0. The molecule has 7 heteroatoms. The molecule has 1 heterocycles. The van der Waals surface area contributed by atoms with Gasteiger partial charge in [-0.2, -0.15) is 10.4 Å². The monoisotopic (exact) mass is 321 g/mol. The van der Waals surface area contributed by atoms with Crippen molar-refractivity contribution in [2.24, 2.45) is 0 Å². The molecule has 0 saturated heterocycles. The van der Waals surface area contributed by atoms with Crippen LogP contribution in [0.4, 0.5) is 0 Å². The fraction of sp³-hybridized carbons (Fsp3) is 0.0588. The highest BCUT2D eigenvalue weighted by Crippen LogP contribution is 2.24. The maximum Gasteiger partial charge on any atom is 0.360 e. The molecule has 0 bridgehead atoms. The Morgan fingerprint density at radius 2 is 1.96 bits per heavy atom. The molecule has 0 radical (unpaired) electrons. The molecule has 1 N–H and O–H groups in total. The van der Waals surface area contributed by atoms with Crippen molar-refractivity contribution in [1.82, 2.24) is 9.78 Å². The summed E-state index contributed by atoms with van der Waals surface area (Å²) in [5, 5.41) is 22.3. The van der Waals surface area contributed by atoms with E-state index in [1.807, 2.05) is 6.07 Å². The van der Waals surface area contributed by atoms with Gasteiger partial charge in [-0.25, -0.2) is 9.48 Å². The van der Waals surface area contributed by atoms with E-state index in [-0.39, 0.29) is 11.1 Å². The van der Waals surface area contributed by atoms with Crippen LogP contribution in [-0.2, 0) is 0 Å². The van der Waals surface area contributed by atoms with Crippen LogP contribution in [0.25, 0.3) is 16.6 Å². The van der Waals surface area contributed by atoms with E-state index in [1.165, 1.54) is 11.8 Å². The van der Waals surface area contributed by atoms with Gasteiger partial charge >= 0.3 is 5.97 Å². The van der Waals surface area contributed by atoms with Crippen molar-refractivity contribution in [1.29, 1.82) is 5.26 Å². The van der Waals surface area contributed by atoms with Crippen molar-refractivity contribution in [2.45, 2.75) is 0 Å². The van der Waals surface area contributed by atoms with E-state index in [4.69, 9.17) is 10.00 Å². The molecule has 0 saturated carbocycles. The number of rotatable bonds is 3. The van der Waals surface area contributed by atoms with E-state index < -0.39 is 17.1 Å². The Morgan fingerprint density at radius 3 is 2.54 bits per heavy atom. The third-order valence-electron chi connectivity index (χ3n) is 3.54. The lowest BCUT2D eigenvalue weighted by Crippen LogP contribution is -2.22. The summed E-state index contributed by atoms with van der Waals surface area (Å²) in [7, 11) is 1.40. The molecule has 0 aliphatic heterocycles. The van der Waals surface area contributed by atoms with Crippen molar-refractivity contribution in [3.63, 3.8) is 0 Å². The van der Waals surface area contributed by atoms with Crippen LogP contribution < -0.4 is 10.2 Å². The second-order valence-electron chi connectivity index (χ2n) is 4.91. The number of hydrogen-bond donors (Lipinski definition) is 1. The van der Waals surface area contributed by atoms with Gasteiger partial charge in [0.05, 0.1) is 35.3 Å². The first-order valence-corrected chi connectivity index (χ1v) is 6.90. The van der Waals surface area contributed by atoms with Gasteiger partial charge in [0.1, 0.15) is 5.75 Å². The zero-order chi connectivity index (χ0) is 17.3. The summed E-state index contributed by atoms with van der Waals surface area (Å²) in [5.41, 5.74) is 0.0835. The molecule has 3 rings (SSSR count). The van der Waals surface area contributed by atoms with Crippen molar-refractivity contribution in [3.05, 3.63) is 63.9 Å². The first kappa shape index (κ1) is 15.2. The van der Waals surface area contributed by atoms with E-state index in [9.17, 15) is 14.7 Å². The maximum absolute atomic E-state index is 12.5. The Hall–Kier alpha value is -3.66. The topological polar surface area (TPSA) is 105 Å². The van der Waals surface area contributed by atoms with E-state index >= 15 is 0 Å². The van der Waals surface area contributed by atoms with Crippen LogP contribution in [0.3, 0.4) is 0 Å². The molecule has 2 aromatic carbocycles. The third kappa shape index (κ3) is 2.36. The number of ether oxygens (including phenoxy) is 1. The lowest BCUT2D eigenvalue weighted by atomic mass is 10.1. The molecule has 1 aromatic heterocycles. The highest BCUT2D eigenvalue weighted by Gasteiger charge is 2.19. The normalized spacial score (nSPS) is 10.3. The molecule has 0 amide bonds. The number of benzene rings is 2. The molecular formula is C17H11N3O4. The number of carboxylic acid groups (broad SMARTS) is 1. The van der Waals surface area contributed by atoms with Crippen LogP contribution in [-0.4, -0.2) is 28.0 Å². The zero-order valence-electron chi connectivity index (χ0n) is 12.6. The Bertz CT molecular complexity index is 1050. The lowest BCUT2D eigenvalue weighted by Gasteiger charge is -2.12. The van der Waals surface area contributed by atoms with E-state index in [0.29, 0.717) is 16.8 Å². The average molecular weight is 321 g/mol. The van der Waals surface area contributed by atoms with Crippen LogP contribution in [0, 0.1) is 11.3 Å². The summed E-state index contributed by atoms with van der Waals surface area (Å²) in [4.78, 5) is 23.8. The second kappa shape index (κ2) is 5.85. The van der Waals surface area contributed by atoms with Gasteiger partial charge in [-0.15, -0.1) is 0 Å². The van der Waals surface area contributed by atoms with Crippen LogP contribution in [0.5, 0.6) is 5.75 Å². The van der Waals surface area contributed by atoms with Gasteiger partial charge in [-0.05, 0) is 36.4 Å². The van der Waals surface area contributed by atoms with Gasteiger partial charge in [0, 0.05) is 0 Å². The summed E-state index contributed by atoms with van der Waals surface area (Å²) in [6.45, 7) is 0. The van der Waals surface area contributed by atoms with Gasteiger partial charge in [0.25, 0.3) is 0 Å². The molecule has 24 heavy (non-hydrogen) atoms. The van der Waals surface area contributed by atoms with Gasteiger partial charge in [0.2, 0.25) is 11.1 Å². The molecule has 3 aromatic rings. The van der Waals surface area contributed by atoms with Gasteiger partial charge < -0.3 is 9.84 Å². The number of nitrogens with zero attached hydrogens (tertiary/aromatic N) is 3. The molecule has 0 aliphatic carbocycles. The first-order valence-electron chi connectivity index (χ1n) is 6.90.